The van der Waals surface area contributed by atoms with Gasteiger partial charge in [0.15, 0.2) is 6.04 Å². The summed E-state index contributed by atoms with van der Waals surface area (Å²) in [6, 6.07) is 17.0. The van der Waals surface area contributed by atoms with Crippen LogP contribution in [0.15, 0.2) is 48.5 Å². The molecule has 2 heteroatoms. The van der Waals surface area contributed by atoms with Crippen molar-refractivity contribution in [1.82, 2.24) is 0 Å². The highest BCUT2D eigenvalue weighted by Crippen LogP contribution is 2.29. The Morgan fingerprint density at radius 3 is 1.72 bits per heavy atom. The predicted molar refractivity (Wildman–Crippen MR) is 77.0 cm³/mol. The summed E-state index contributed by atoms with van der Waals surface area (Å²) in [4.78, 5) is 0. The lowest BCUT2D eigenvalue weighted by atomic mass is 10.1. The van der Waals surface area contributed by atoms with Crippen molar-refractivity contribution >= 4 is 33.4 Å². The van der Waals surface area contributed by atoms with Gasteiger partial charge in [0.1, 0.15) is 0 Å². The first-order chi connectivity index (χ1) is 8.70. The monoisotopic (exact) mass is 256 g/mol. The zero-order chi connectivity index (χ0) is 12.7. The largest absolute Gasteiger partial charge is 0.214 e. The molecule has 0 bridgehead atoms. The lowest BCUT2D eigenvalue weighted by molar-refractivity contribution is -0.666. The number of hydrogen-bond acceptors (Lipinski definition) is 0. The van der Waals surface area contributed by atoms with Crippen LogP contribution in [0, 0.1) is 0 Å². The molecule has 1 heterocycles. The van der Waals surface area contributed by atoms with Crippen LogP contribution in [0.25, 0.3) is 21.8 Å². The number of para-hydroxylation sites is 2. The van der Waals surface area contributed by atoms with E-state index in [4.69, 9.17) is 11.6 Å². The van der Waals surface area contributed by atoms with Crippen LogP contribution in [0.1, 0.15) is 19.9 Å². The van der Waals surface area contributed by atoms with Gasteiger partial charge in [-0.3, -0.25) is 0 Å². The second kappa shape index (κ2) is 4.25. The standard InChI is InChI=1S/C16H15ClN/c1-11(2)18-14-9-5-3-7-12(14)16(17)13-8-4-6-10-15(13)18/h3-11H,1-2H3/q+1. The van der Waals surface area contributed by atoms with Gasteiger partial charge in [-0.25, -0.2) is 0 Å². The molecule has 0 N–H and O–H groups in total. The molecule has 0 unspecified atom stereocenters. The minimum atomic E-state index is 0.400. The molecule has 2 aromatic carbocycles. The van der Waals surface area contributed by atoms with E-state index in [1.54, 1.807) is 0 Å². The molecule has 3 rings (SSSR count). The molecule has 0 fully saturated rings. The van der Waals surface area contributed by atoms with Gasteiger partial charge in [-0.1, -0.05) is 35.9 Å². The van der Waals surface area contributed by atoms with E-state index < -0.39 is 0 Å². The number of benzene rings is 2. The lowest BCUT2D eigenvalue weighted by Gasteiger charge is -2.10. The zero-order valence-corrected chi connectivity index (χ0v) is 11.3. The van der Waals surface area contributed by atoms with Gasteiger partial charge in [0, 0.05) is 12.1 Å². The molecule has 0 spiro atoms. The highest BCUT2D eigenvalue weighted by Gasteiger charge is 2.20. The second-order valence-electron chi connectivity index (χ2n) is 4.81. The molecule has 0 atom stereocenters. The van der Waals surface area contributed by atoms with Crippen LogP contribution < -0.4 is 4.57 Å². The van der Waals surface area contributed by atoms with Crippen LogP contribution in [-0.2, 0) is 0 Å². The zero-order valence-electron chi connectivity index (χ0n) is 10.5. The lowest BCUT2D eigenvalue weighted by Crippen LogP contribution is -2.38. The Morgan fingerprint density at radius 2 is 1.28 bits per heavy atom. The average molecular weight is 257 g/mol. The molecule has 90 valence electrons. The molecule has 0 radical (unpaired) electrons. The van der Waals surface area contributed by atoms with Crippen molar-refractivity contribution in [2.45, 2.75) is 19.9 Å². The molecule has 0 aliphatic rings. The number of hydrogen-bond donors (Lipinski definition) is 0. The summed E-state index contributed by atoms with van der Waals surface area (Å²) in [6.45, 7) is 4.40. The first kappa shape index (κ1) is 11.5. The molecule has 0 aliphatic carbocycles. The Hall–Kier alpha value is -1.60. The SMILES string of the molecule is CC(C)[n+]1c2ccccc2c(Cl)c2ccccc21. The van der Waals surface area contributed by atoms with E-state index in [1.807, 2.05) is 12.1 Å². The van der Waals surface area contributed by atoms with Gasteiger partial charge in [-0.05, 0) is 26.0 Å². The first-order valence-corrected chi connectivity index (χ1v) is 6.58. The Balaban J connectivity index is 2.63. The fourth-order valence-electron chi connectivity index (χ4n) is 2.57. The van der Waals surface area contributed by atoms with Gasteiger partial charge >= 0.3 is 0 Å². The molecule has 1 nitrogen and oxygen atoms in total. The predicted octanol–water partition coefficient (Wildman–Crippen LogP) is 4.51. The van der Waals surface area contributed by atoms with Crippen molar-refractivity contribution in [3.63, 3.8) is 0 Å². The van der Waals surface area contributed by atoms with Gasteiger partial charge in [0.25, 0.3) is 0 Å². The highest BCUT2D eigenvalue weighted by atomic mass is 35.5. The third-order valence-corrected chi connectivity index (χ3v) is 3.72. The summed E-state index contributed by atoms with van der Waals surface area (Å²) in [5.74, 6) is 0. The number of fused-ring (bicyclic) bond motifs is 2. The summed E-state index contributed by atoms with van der Waals surface area (Å²) in [5.41, 5.74) is 2.38. The molecule has 0 saturated heterocycles. The summed E-state index contributed by atoms with van der Waals surface area (Å²) in [7, 11) is 0. The molecule has 18 heavy (non-hydrogen) atoms. The molecular weight excluding hydrogens is 242 g/mol. The average Bonchev–Trinajstić information content (AvgIpc) is 2.39. The number of pyridine rings is 1. The molecule has 1 aromatic heterocycles. The van der Waals surface area contributed by atoms with Crippen molar-refractivity contribution in [1.29, 1.82) is 0 Å². The molecule has 0 amide bonds. The van der Waals surface area contributed by atoms with E-state index in [2.05, 4.69) is 54.8 Å². The van der Waals surface area contributed by atoms with Gasteiger partial charge in [-0.2, -0.15) is 4.57 Å². The number of rotatable bonds is 1. The van der Waals surface area contributed by atoms with E-state index in [0.29, 0.717) is 6.04 Å². The number of nitrogens with zero attached hydrogens (tertiary/aromatic N) is 1. The van der Waals surface area contributed by atoms with E-state index in [1.165, 1.54) is 11.0 Å². The van der Waals surface area contributed by atoms with E-state index in [9.17, 15) is 0 Å². The summed E-state index contributed by atoms with van der Waals surface area (Å²) < 4.78 is 2.34. The van der Waals surface area contributed by atoms with Crippen LogP contribution in [0.3, 0.4) is 0 Å². The van der Waals surface area contributed by atoms with E-state index >= 15 is 0 Å². The smallest absolute Gasteiger partial charge is 0.189 e. The number of aromatic nitrogens is 1. The van der Waals surface area contributed by atoms with Crippen molar-refractivity contribution < 1.29 is 4.57 Å². The first-order valence-electron chi connectivity index (χ1n) is 6.20. The minimum absolute atomic E-state index is 0.400. The molecule has 0 saturated carbocycles. The third-order valence-electron chi connectivity index (χ3n) is 3.32. The van der Waals surface area contributed by atoms with Crippen molar-refractivity contribution in [3.8, 4) is 0 Å². The Kier molecular flexibility index (Phi) is 2.71. The van der Waals surface area contributed by atoms with Crippen LogP contribution in [0.5, 0.6) is 0 Å². The molecular formula is C16H15ClN+. The Morgan fingerprint density at radius 1 is 0.833 bits per heavy atom. The second-order valence-corrected chi connectivity index (χ2v) is 5.19. The van der Waals surface area contributed by atoms with Crippen molar-refractivity contribution in [2.75, 3.05) is 0 Å². The summed E-state index contributed by atoms with van der Waals surface area (Å²) >= 11 is 6.54. The normalized spacial score (nSPS) is 11.6. The van der Waals surface area contributed by atoms with Crippen LogP contribution >= 0.6 is 11.6 Å². The van der Waals surface area contributed by atoms with Crippen LogP contribution in [-0.4, -0.2) is 0 Å². The summed E-state index contributed by atoms with van der Waals surface area (Å²) in [5, 5.41) is 3.08. The quantitative estimate of drug-likeness (QED) is 0.445. The third kappa shape index (κ3) is 1.58. The maximum absolute atomic E-state index is 6.54. The Bertz CT molecular complexity index is 675. The van der Waals surface area contributed by atoms with Crippen molar-refractivity contribution in [3.05, 3.63) is 53.6 Å². The topological polar surface area (TPSA) is 3.88 Å². The van der Waals surface area contributed by atoms with Gasteiger partial charge in [-0.15, -0.1) is 0 Å². The Labute approximate surface area is 112 Å². The molecule has 3 aromatic rings. The highest BCUT2D eigenvalue weighted by molar-refractivity contribution is 6.39. The summed E-state index contributed by atoms with van der Waals surface area (Å²) in [6.07, 6.45) is 0. The van der Waals surface area contributed by atoms with E-state index in [-0.39, 0.29) is 0 Å². The van der Waals surface area contributed by atoms with Gasteiger partial charge < -0.3 is 0 Å². The van der Waals surface area contributed by atoms with Gasteiger partial charge in [0.05, 0.1) is 15.8 Å². The minimum Gasteiger partial charge on any atom is -0.189 e. The van der Waals surface area contributed by atoms with E-state index in [0.717, 1.165) is 15.8 Å². The van der Waals surface area contributed by atoms with Crippen LogP contribution in [0.2, 0.25) is 5.02 Å². The molecule has 0 aliphatic heterocycles. The maximum atomic E-state index is 6.54. The fourth-order valence-corrected chi connectivity index (χ4v) is 2.89. The fraction of sp³-hybridized carbons (Fsp3) is 0.188. The van der Waals surface area contributed by atoms with Gasteiger partial charge in [0.2, 0.25) is 11.0 Å². The van der Waals surface area contributed by atoms with Crippen LogP contribution in [0.4, 0.5) is 0 Å². The number of halogens is 1. The van der Waals surface area contributed by atoms with Crippen molar-refractivity contribution in [2.24, 2.45) is 0 Å². The maximum Gasteiger partial charge on any atom is 0.214 e.